The number of nitrogens with zero attached hydrogens (tertiary/aromatic N) is 1. The minimum atomic E-state index is -1.15. The van der Waals surface area contributed by atoms with Crippen molar-refractivity contribution in [1.82, 2.24) is 0 Å². The van der Waals surface area contributed by atoms with Crippen molar-refractivity contribution in [3.05, 3.63) is 89.5 Å². The van der Waals surface area contributed by atoms with Gasteiger partial charge in [0, 0.05) is 36.6 Å². The van der Waals surface area contributed by atoms with Gasteiger partial charge in [-0.15, -0.1) is 0 Å². The van der Waals surface area contributed by atoms with Crippen molar-refractivity contribution in [2.45, 2.75) is 57.8 Å². The highest BCUT2D eigenvalue weighted by atomic mass is 16.5. The molecule has 0 bridgehead atoms. The Bertz CT molecular complexity index is 1380. The van der Waals surface area contributed by atoms with E-state index < -0.39 is 5.60 Å². The molecule has 0 aliphatic carbocycles. The van der Waals surface area contributed by atoms with E-state index in [0.717, 1.165) is 28.1 Å². The molecule has 210 valence electrons. The highest BCUT2D eigenvalue weighted by molar-refractivity contribution is 6.07. The van der Waals surface area contributed by atoms with Crippen LogP contribution in [0.2, 0.25) is 0 Å². The third-order valence-electron chi connectivity index (χ3n) is 8.77. The number of nitrogens with one attached hydrogen (secondary N) is 1. The molecule has 0 radical (unpaired) electrons. The third kappa shape index (κ3) is 4.57. The van der Waals surface area contributed by atoms with Gasteiger partial charge in [0.05, 0.1) is 25.4 Å². The van der Waals surface area contributed by atoms with E-state index in [4.69, 9.17) is 9.47 Å². The van der Waals surface area contributed by atoms with Gasteiger partial charge in [0.15, 0.2) is 5.60 Å². The number of carbonyl (C=O) groups is 2. The first-order valence-corrected chi connectivity index (χ1v) is 13.8. The Kier molecular flexibility index (Phi) is 7.46. The molecule has 7 nitrogen and oxygen atoms in total. The molecule has 2 aliphatic heterocycles. The second-order valence-electron chi connectivity index (χ2n) is 11.5. The first-order chi connectivity index (χ1) is 19.1. The van der Waals surface area contributed by atoms with Crippen molar-refractivity contribution in [3.63, 3.8) is 0 Å². The molecule has 1 saturated heterocycles. The summed E-state index contributed by atoms with van der Waals surface area (Å²) in [6, 6.07) is 23.5. The zero-order chi connectivity index (χ0) is 28.7. The number of rotatable bonds is 8. The van der Waals surface area contributed by atoms with Crippen LogP contribution in [0.1, 0.15) is 50.8 Å². The van der Waals surface area contributed by atoms with Crippen LogP contribution < -0.4 is 15.0 Å². The van der Waals surface area contributed by atoms with E-state index >= 15 is 0 Å². The summed E-state index contributed by atoms with van der Waals surface area (Å²) in [6.07, 6.45) is 0.127. The summed E-state index contributed by atoms with van der Waals surface area (Å²) in [5.41, 5.74) is 3.00. The zero-order valence-electron chi connectivity index (χ0n) is 23.8. The van der Waals surface area contributed by atoms with Gasteiger partial charge in [0.25, 0.3) is 5.91 Å². The lowest BCUT2D eigenvalue weighted by Crippen LogP contribution is -2.45. The lowest BCUT2D eigenvalue weighted by atomic mass is 9.63. The van der Waals surface area contributed by atoms with E-state index in [0.29, 0.717) is 18.7 Å². The SMILES string of the molecule is COc1ccc(C(C)(C)[C@H]2[C@H](CCO)O[C@@]3(C(=O)N(Cc4ccc(NC(C)=O)cc4)c4ccccc43)[C@@H]2C)cc1. The summed E-state index contributed by atoms with van der Waals surface area (Å²) in [7, 11) is 1.65. The topological polar surface area (TPSA) is 88.1 Å². The van der Waals surface area contributed by atoms with E-state index in [1.54, 1.807) is 7.11 Å². The van der Waals surface area contributed by atoms with Crippen molar-refractivity contribution >= 4 is 23.2 Å². The predicted octanol–water partition coefficient (Wildman–Crippen LogP) is 5.41. The number of amides is 2. The quantitative estimate of drug-likeness (QED) is 0.398. The molecular formula is C33H38N2O5. The average Bonchev–Trinajstić information content (AvgIpc) is 3.37. The molecule has 3 aromatic rings. The fraction of sp³-hybridized carbons (Fsp3) is 0.394. The first kappa shape index (κ1) is 27.9. The van der Waals surface area contributed by atoms with Gasteiger partial charge in [0.1, 0.15) is 5.75 Å². The van der Waals surface area contributed by atoms with E-state index in [1.807, 2.05) is 65.6 Å². The molecule has 2 heterocycles. The molecular weight excluding hydrogens is 504 g/mol. The largest absolute Gasteiger partial charge is 0.497 e. The standard InChI is InChI=1S/C33H38N2O5/c1-21-30(32(3,4)24-12-16-26(39-5)17-13-24)29(18-19-36)40-33(21)27-8-6-7-9-28(27)35(31(33)38)20-23-10-14-25(15-11-23)34-22(2)37/h6-17,21,29-30,36H,18-20H2,1-5H3,(H,34,37)/t21-,29+,30-,33+/m1/s1. The number of fused-ring (bicyclic) bond motifs is 2. The highest BCUT2D eigenvalue weighted by Crippen LogP contribution is 2.59. The van der Waals surface area contributed by atoms with Gasteiger partial charge < -0.3 is 24.8 Å². The molecule has 0 saturated carbocycles. The van der Waals surface area contributed by atoms with Crippen LogP contribution in [-0.2, 0) is 31.9 Å². The molecule has 0 unspecified atom stereocenters. The smallest absolute Gasteiger partial charge is 0.264 e. The minimum absolute atomic E-state index is 0.0249. The molecule has 1 fully saturated rings. The molecule has 3 aromatic carbocycles. The molecule has 5 rings (SSSR count). The molecule has 2 N–H and O–H groups in total. The van der Waals surface area contributed by atoms with Gasteiger partial charge in [-0.3, -0.25) is 9.59 Å². The van der Waals surface area contributed by atoms with E-state index in [9.17, 15) is 14.7 Å². The maximum absolute atomic E-state index is 14.5. The van der Waals surface area contributed by atoms with Crippen LogP contribution in [-0.4, -0.2) is 36.7 Å². The Morgan fingerprint density at radius 3 is 2.38 bits per heavy atom. The van der Waals surface area contributed by atoms with Gasteiger partial charge in [-0.1, -0.05) is 63.2 Å². The summed E-state index contributed by atoms with van der Waals surface area (Å²) in [5.74, 6) is 0.376. The highest BCUT2D eigenvalue weighted by Gasteiger charge is 2.65. The summed E-state index contributed by atoms with van der Waals surface area (Å²) < 4.78 is 12.2. The predicted molar refractivity (Wildman–Crippen MR) is 155 cm³/mol. The molecule has 1 spiro atoms. The second kappa shape index (κ2) is 10.7. The Balaban J connectivity index is 1.52. The number of aliphatic hydroxyl groups excluding tert-OH is 1. The van der Waals surface area contributed by atoms with Crippen LogP contribution in [0.3, 0.4) is 0 Å². The van der Waals surface area contributed by atoms with Crippen molar-refractivity contribution in [2.75, 3.05) is 23.9 Å². The van der Waals surface area contributed by atoms with Crippen LogP contribution in [0.15, 0.2) is 72.8 Å². The molecule has 4 atom stereocenters. The fourth-order valence-electron chi connectivity index (χ4n) is 6.90. The molecule has 0 aromatic heterocycles. The first-order valence-electron chi connectivity index (χ1n) is 13.8. The maximum atomic E-state index is 14.5. The number of hydrogen-bond acceptors (Lipinski definition) is 5. The monoisotopic (exact) mass is 542 g/mol. The number of methoxy groups -OCH3 is 1. The number of ether oxygens (including phenoxy) is 2. The van der Waals surface area contributed by atoms with Gasteiger partial charge in [0.2, 0.25) is 5.91 Å². The van der Waals surface area contributed by atoms with Crippen molar-refractivity contribution in [2.24, 2.45) is 11.8 Å². The summed E-state index contributed by atoms with van der Waals surface area (Å²) >= 11 is 0. The van der Waals surface area contributed by atoms with Crippen LogP contribution in [0.5, 0.6) is 5.75 Å². The lowest BCUT2D eigenvalue weighted by molar-refractivity contribution is -0.146. The second-order valence-corrected chi connectivity index (χ2v) is 11.5. The number of hydrogen-bond donors (Lipinski definition) is 2. The summed E-state index contributed by atoms with van der Waals surface area (Å²) in [5, 5.41) is 12.8. The molecule has 40 heavy (non-hydrogen) atoms. The van der Waals surface area contributed by atoms with Gasteiger partial charge in [-0.2, -0.15) is 0 Å². The Morgan fingerprint density at radius 2 is 1.75 bits per heavy atom. The number of carbonyl (C=O) groups excluding carboxylic acids is 2. The zero-order valence-corrected chi connectivity index (χ0v) is 23.8. The molecule has 7 heteroatoms. The number of aliphatic hydroxyl groups is 1. The van der Waals surface area contributed by atoms with Crippen LogP contribution in [0, 0.1) is 11.8 Å². The van der Waals surface area contributed by atoms with Crippen LogP contribution in [0.25, 0.3) is 0 Å². The normalized spacial score (nSPS) is 23.9. The minimum Gasteiger partial charge on any atom is -0.497 e. The maximum Gasteiger partial charge on any atom is 0.264 e. The van der Waals surface area contributed by atoms with E-state index in [2.05, 4.69) is 38.2 Å². The number of anilines is 2. The Hall–Kier alpha value is -3.68. The van der Waals surface area contributed by atoms with E-state index in [-0.39, 0.29) is 41.8 Å². The Labute approximate surface area is 236 Å². The molecule has 2 aliphatic rings. The molecule has 2 amide bonds. The van der Waals surface area contributed by atoms with Gasteiger partial charge in [-0.25, -0.2) is 0 Å². The van der Waals surface area contributed by atoms with Crippen molar-refractivity contribution in [3.8, 4) is 5.75 Å². The van der Waals surface area contributed by atoms with Crippen LogP contribution in [0.4, 0.5) is 11.4 Å². The average molecular weight is 543 g/mol. The van der Waals surface area contributed by atoms with Crippen molar-refractivity contribution in [1.29, 1.82) is 0 Å². The third-order valence-corrected chi connectivity index (χ3v) is 8.77. The van der Waals surface area contributed by atoms with Gasteiger partial charge in [-0.05, 0) is 53.3 Å². The number of benzene rings is 3. The number of para-hydroxylation sites is 1. The Morgan fingerprint density at radius 1 is 1.07 bits per heavy atom. The lowest BCUT2D eigenvalue weighted by Gasteiger charge is -2.38. The van der Waals surface area contributed by atoms with Crippen LogP contribution >= 0.6 is 0 Å². The summed E-state index contributed by atoms with van der Waals surface area (Å²) in [4.78, 5) is 27.8. The van der Waals surface area contributed by atoms with Crippen molar-refractivity contribution < 1.29 is 24.2 Å². The van der Waals surface area contributed by atoms with Gasteiger partial charge >= 0.3 is 0 Å². The summed E-state index contributed by atoms with van der Waals surface area (Å²) in [6.45, 7) is 8.34. The van der Waals surface area contributed by atoms with E-state index in [1.165, 1.54) is 6.92 Å². The fourth-order valence-corrected chi connectivity index (χ4v) is 6.90.